The van der Waals surface area contributed by atoms with Crippen LogP contribution in [0.2, 0.25) is 0 Å². The topological polar surface area (TPSA) is 67.4 Å². The summed E-state index contributed by atoms with van der Waals surface area (Å²) in [6.07, 6.45) is 1.62. The third kappa shape index (κ3) is 4.71. The third-order valence-corrected chi connectivity index (χ3v) is 3.38. The molecule has 0 fully saturated rings. The summed E-state index contributed by atoms with van der Waals surface area (Å²) in [7, 11) is 1.59. The Morgan fingerprint density at radius 1 is 1.04 bits per heavy atom. The van der Waals surface area contributed by atoms with Gasteiger partial charge < -0.3 is 15.4 Å². The number of aryl methyl sites for hydroxylation is 1. The summed E-state index contributed by atoms with van der Waals surface area (Å²) in [5, 5.41) is 5.39. The molecule has 0 aliphatic heterocycles. The predicted molar refractivity (Wildman–Crippen MR) is 94.6 cm³/mol. The maximum atomic E-state index is 12.5. The quantitative estimate of drug-likeness (QED) is 0.830. The van der Waals surface area contributed by atoms with Crippen LogP contribution in [0.5, 0.6) is 5.75 Å². The first-order chi connectivity index (χ1) is 11.5. The van der Waals surface area contributed by atoms with Crippen LogP contribution < -0.4 is 15.4 Å². The predicted octanol–water partition coefficient (Wildman–Crippen LogP) is 3.12. The van der Waals surface area contributed by atoms with E-state index >= 15 is 0 Å². The van der Waals surface area contributed by atoms with E-state index in [4.69, 9.17) is 4.74 Å². The average molecular weight is 324 g/mol. The van der Waals surface area contributed by atoms with Gasteiger partial charge in [0.25, 0.3) is 5.91 Å². The summed E-state index contributed by atoms with van der Waals surface area (Å²) < 4.78 is 5.11. The molecule has 2 N–H and O–H groups in total. The van der Waals surface area contributed by atoms with Crippen LogP contribution in [0.1, 0.15) is 18.1 Å². The van der Waals surface area contributed by atoms with Gasteiger partial charge in [0.05, 0.1) is 7.11 Å². The Labute approximate surface area is 141 Å². The molecule has 0 saturated carbocycles. The van der Waals surface area contributed by atoms with Crippen LogP contribution in [0.15, 0.2) is 54.2 Å². The minimum absolute atomic E-state index is 0.177. The standard InChI is InChI=1S/C19H20N2O3/c1-13-6-4-5-7-17(13)21-19(23)18(20-14(2)22)12-15-8-10-16(24-3)11-9-15/h4-12H,1-3H3,(H,20,22)(H,21,23)/b18-12+. The smallest absolute Gasteiger partial charge is 0.272 e. The normalized spacial score (nSPS) is 10.9. The molecule has 0 spiro atoms. The maximum Gasteiger partial charge on any atom is 0.272 e. The fourth-order valence-electron chi connectivity index (χ4n) is 2.12. The molecule has 0 saturated heterocycles. The summed E-state index contributed by atoms with van der Waals surface area (Å²) in [5.74, 6) is 0.0302. The van der Waals surface area contributed by atoms with Gasteiger partial charge >= 0.3 is 0 Å². The van der Waals surface area contributed by atoms with Gasteiger partial charge in [-0.25, -0.2) is 0 Å². The van der Waals surface area contributed by atoms with Crippen molar-refractivity contribution < 1.29 is 14.3 Å². The molecular formula is C19H20N2O3. The van der Waals surface area contributed by atoms with Gasteiger partial charge in [-0.1, -0.05) is 30.3 Å². The van der Waals surface area contributed by atoms with Gasteiger partial charge in [-0.2, -0.15) is 0 Å². The monoisotopic (exact) mass is 324 g/mol. The van der Waals surface area contributed by atoms with Crippen LogP contribution in [0.3, 0.4) is 0 Å². The fraction of sp³-hybridized carbons (Fsp3) is 0.158. The lowest BCUT2D eigenvalue weighted by atomic mass is 10.1. The fourth-order valence-corrected chi connectivity index (χ4v) is 2.12. The van der Waals surface area contributed by atoms with Gasteiger partial charge in [0.2, 0.25) is 5.91 Å². The SMILES string of the molecule is COc1ccc(/C=C(/NC(C)=O)C(=O)Nc2ccccc2C)cc1. The maximum absolute atomic E-state index is 12.5. The summed E-state index contributed by atoms with van der Waals surface area (Å²) in [6, 6.07) is 14.6. The number of amides is 2. The number of carbonyl (C=O) groups is 2. The number of hydrogen-bond acceptors (Lipinski definition) is 3. The van der Waals surface area contributed by atoms with E-state index < -0.39 is 0 Å². The molecule has 0 bridgehead atoms. The number of para-hydroxylation sites is 1. The van der Waals surface area contributed by atoms with E-state index in [1.54, 1.807) is 25.3 Å². The number of hydrogen-bond donors (Lipinski definition) is 2. The first kappa shape index (κ1) is 17.3. The highest BCUT2D eigenvalue weighted by molar-refractivity contribution is 6.08. The van der Waals surface area contributed by atoms with Crippen molar-refractivity contribution >= 4 is 23.6 Å². The number of nitrogens with one attached hydrogen (secondary N) is 2. The van der Waals surface area contributed by atoms with Crippen LogP contribution in [0, 0.1) is 6.92 Å². The molecule has 5 nitrogen and oxygen atoms in total. The van der Waals surface area contributed by atoms with Gasteiger partial charge in [0.1, 0.15) is 11.4 Å². The molecule has 0 unspecified atom stereocenters. The summed E-state index contributed by atoms with van der Waals surface area (Å²) in [4.78, 5) is 23.9. The molecule has 0 aromatic heterocycles. The second-order valence-electron chi connectivity index (χ2n) is 5.28. The molecule has 124 valence electrons. The van der Waals surface area contributed by atoms with Crippen molar-refractivity contribution in [2.24, 2.45) is 0 Å². The van der Waals surface area contributed by atoms with E-state index in [0.29, 0.717) is 5.69 Å². The molecule has 2 aromatic rings. The van der Waals surface area contributed by atoms with Crippen molar-refractivity contribution in [2.45, 2.75) is 13.8 Å². The molecular weight excluding hydrogens is 304 g/mol. The van der Waals surface area contributed by atoms with Crippen molar-refractivity contribution in [1.29, 1.82) is 0 Å². The Kier molecular flexibility index (Phi) is 5.73. The van der Waals surface area contributed by atoms with Crippen LogP contribution >= 0.6 is 0 Å². The number of carbonyl (C=O) groups excluding carboxylic acids is 2. The molecule has 0 heterocycles. The lowest BCUT2D eigenvalue weighted by Crippen LogP contribution is -2.29. The van der Waals surface area contributed by atoms with Crippen molar-refractivity contribution in [2.75, 3.05) is 12.4 Å². The summed E-state index contributed by atoms with van der Waals surface area (Å²) in [5.41, 5.74) is 2.60. The Morgan fingerprint density at radius 3 is 2.29 bits per heavy atom. The number of methoxy groups -OCH3 is 1. The molecule has 5 heteroatoms. The molecule has 24 heavy (non-hydrogen) atoms. The van der Waals surface area contributed by atoms with E-state index in [0.717, 1.165) is 16.9 Å². The van der Waals surface area contributed by atoms with E-state index in [1.807, 2.05) is 43.3 Å². The minimum atomic E-state index is -0.379. The lowest BCUT2D eigenvalue weighted by Gasteiger charge is -2.11. The first-order valence-corrected chi connectivity index (χ1v) is 7.50. The van der Waals surface area contributed by atoms with E-state index in [1.165, 1.54) is 6.92 Å². The Morgan fingerprint density at radius 2 is 1.71 bits per heavy atom. The molecule has 0 aliphatic carbocycles. The van der Waals surface area contributed by atoms with E-state index in [-0.39, 0.29) is 17.5 Å². The molecule has 2 amide bonds. The van der Waals surface area contributed by atoms with Gasteiger partial charge in [-0.3, -0.25) is 9.59 Å². The summed E-state index contributed by atoms with van der Waals surface area (Å²) in [6.45, 7) is 3.27. The number of benzene rings is 2. The van der Waals surface area contributed by atoms with E-state index in [2.05, 4.69) is 10.6 Å². The van der Waals surface area contributed by atoms with Crippen molar-refractivity contribution in [1.82, 2.24) is 5.32 Å². The molecule has 0 atom stereocenters. The van der Waals surface area contributed by atoms with Crippen LogP contribution in [0.4, 0.5) is 5.69 Å². The minimum Gasteiger partial charge on any atom is -0.497 e. The summed E-state index contributed by atoms with van der Waals surface area (Å²) >= 11 is 0. The van der Waals surface area contributed by atoms with Crippen molar-refractivity contribution in [3.63, 3.8) is 0 Å². The zero-order valence-corrected chi connectivity index (χ0v) is 13.9. The van der Waals surface area contributed by atoms with Crippen LogP contribution in [-0.4, -0.2) is 18.9 Å². The second kappa shape index (κ2) is 7.97. The zero-order valence-electron chi connectivity index (χ0n) is 13.9. The van der Waals surface area contributed by atoms with Crippen LogP contribution in [0.25, 0.3) is 6.08 Å². The molecule has 0 aliphatic rings. The highest BCUT2D eigenvalue weighted by Gasteiger charge is 2.12. The van der Waals surface area contributed by atoms with Gasteiger partial charge in [-0.15, -0.1) is 0 Å². The molecule has 0 radical (unpaired) electrons. The van der Waals surface area contributed by atoms with Crippen LogP contribution in [-0.2, 0) is 9.59 Å². The van der Waals surface area contributed by atoms with Gasteiger partial charge in [-0.05, 0) is 42.3 Å². The third-order valence-electron chi connectivity index (χ3n) is 3.38. The Bertz CT molecular complexity index is 764. The number of ether oxygens (including phenoxy) is 1. The first-order valence-electron chi connectivity index (χ1n) is 7.50. The Hall–Kier alpha value is -3.08. The van der Waals surface area contributed by atoms with Crippen molar-refractivity contribution in [3.8, 4) is 5.75 Å². The molecule has 2 rings (SSSR count). The van der Waals surface area contributed by atoms with E-state index in [9.17, 15) is 9.59 Å². The number of rotatable bonds is 5. The largest absolute Gasteiger partial charge is 0.497 e. The highest BCUT2D eigenvalue weighted by Crippen LogP contribution is 2.16. The lowest BCUT2D eigenvalue weighted by molar-refractivity contribution is -0.120. The van der Waals surface area contributed by atoms with Gasteiger partial charge in [0, 0.05) is 12.6 Å². The Balaban J connectivity index is 2.26. The average Bonchev–Trinajstić information content (AvgIpc) is 2.56. The second-order valence-corrected chi connectivity index (χ2v) is 5.28. The van der Waals surface area contributed by atoms with Gasteiger partial charge in [0.15, 0.2) is 0 Å². The van der Waals surface area contributed by atoms with Crippen molar-refractivity contribution in [3.05, 3.63) is 65.4 Å². The zero-order chi connectivity index (χ0) is 17.5. The molecule has 2 aromatic carbocycles. The highest BCUT2D eigenvalue weighted by atomic mass is 16.5. The number of anilines is 1.